The zero-order valence-electron chi connectivity index (χ0n) is 10.9. The monoisotopic (exact) mass is 335 g/mol. The number of aliphatic hydroxyl groups excluding tert-OH is 1. The number of nitrogens with one attached hydrogen (secondary N) is 1. The Morgan fingerprint density at radius 1 is 1.36 bits per heavy atom. The van der Waals surface area contributed by atoms with Crippen LogP contribution >= 0.6 is 0 Å². The van der Waals surface area contributed by atoms with E-state index in [0.29, 0.717) is 17.1 Å². The molecule has 8 nitrogen and oxygen atoms in total. The van der Waals surface area contributed by atoms with Gasteiger partial charge in [-0.2, -0.15) is 0 Å². The molecule has 1 aliphatic heterocycles. The molecule has 2 amide bonds. The molecule has 0 aliphatic carbocycles. The van der Waals surface area contributed by atoms with Crippen molar-refractivity contribution in [1.29, 1.82) is 0 Å². The number of carbonyl (C=O) groups excluding carboxylic acids is 2. The number of hydrazine groups is 1. The highest BCUT2D eigenvalue weighted by atomic mass is 32.2. The van der Waals surface area contributed by atoms with Gasteiger partial charge in [-0.25, -0.2) is 27.8 Å². The SMILES string of the molecule is NN1CC(O)C(C(=O)NS(=O)(=O)c2c(F)cccc2F)C1=O. The standard InChI is InChI=1S/C11H11F2N3O5S/c12-5-2-1-3-6(13)9(5)22(20,21)15-10(18)8-7(17)4-16(14)11(8)19/h1-3,7-8,17H,4,14H2,(H,15,18). The van der Waals surface area contributed by atoms with Crippen LogP contribution in [-0.2, 0) is 19.6 Å². The molecule has 1 aromatic carbocycles. The van der Waals surface area contributed by atoms with Crippen LogP contribution in [0.2, 0.25) is 0 Å². The Hall–Kier alpha value is -2.11. The van der Waals surface area contributed by atoms with Gasteiger partial charge in [-0.15, -0.1) is 0 Å². The molecule has 1 aromatic rings. The van der Waals surface area contributed by atoms with Gasteiger partial charge < -0.3 is 5.11 Å². The first-order chi connectivity index (χ1) is 10.1. The normalized spacial score (nSPS) is 22.0. The fourth-order valence-electron chi connectivity index (χ4n) is 2.01. The molecule has 120 valence electrons. The number of β-amino-alcohol motifs (C(OH)–C–C–N with tert-alkyl or cyclic N) is 1. The Labute approximate surface area is 123 Å². The molecule has 0 bridgehead atoms. The number of sulfonamides is 1. The Morgan fingerprint density at radius 2 is 1.91 bits per heavy atom. The number of amides is 2. The molecule has 0 spiro atoms. The van der Waals surface area contributed by atoms with E-state index in [2.05, 4.69) is 0 Å². The van der Waals surface area contributed by atoms with Crippen molar-refractivity contribution in [3.8, 4) is 0 Å². The number of hydrogen-bond donors (Lipinski definition) is 3. The number of halogens is 2. The van der Waals surface area contributed by atoms with Crippen molar-refractivity contribution in [2.45, 2.75) is 11.0 Å². The van der Waals surface area contributed by atoms with Gasteiger partial charge in [0, 0.05) is 0 Å². The third-order valence-corrected chi connectivity index (χ3v) is 4.42. The summed E-state index contributed by atoms with van der Waals surface area (Å²) < 4.78 is 52.1. The second-order valence-electron chi connectivity index (χ2n) is 4.56. The number of rotatable bonds is 3. The molecule has 2 unspecified atom stereocenters. The summed E-state index contributed by atoms with van der Waals surface area (Å²) in [4.78, 5) is 22.0. The molecule has 1 heterocycles. The zero-order valence-corrected chi connectivity index (χ0v) is 11.7. The average Bonchev–Trinajstić information content (AvgIpc) is 2.61. The van der Waals surface area contributed by atoms with Crippen LogP contribution in [0.4, 0.5) is 8.78 Å². The van der Waals surface area contributed by atoms with Gasteiger partial charge in [-0.3, -0.25) is 14.6 Å². The summed E-state index contributed by atoms with van der Waals surface area (Å²) in [5.74, 6) is -1.81. The number of benzene rings is 1. The van der Waals surface area contributed by atoms with E-state index >= 15 is 0 Å². The van der Waals surface area contributed by atoms with Gasteiger partial charge in [0.15, 0.2) is 4.90 Å². The molecular formula is C11H11F2N3O5S. The average molecular weight is 335 g/mol. The molecule has 2 rings (SSSR count). The summed E-state index contributed by atoms with van der Waals surface area (Å²) in [5, 5.41) is 10.1. The molecule has 0 saturated carbocycles. The Kier molecular flexibility index (Phi) is 4.13. The van der Waals surface area contributed by atoms with Crippen LogP contribution in [0, 0.1) is 17.6 Å². The van der Waals surface area contributed by atoms with Crippen molar-refractivity contribution in [1.82, 2.24) is 9.73 Å². The van der Waals surface area contributed by atoms with Gasteiger partial charge in [0.2, 0.25) is 5.91 Å². The molecule has 0 radical (unpaired) electrons. The first-order valence-corrected chi connectivity index (χ1v) is 7.38. The molecule has 1 fully saturated rings. The largest absolute Gasteiger partial charge is 0.390 e. The first kappa shape index (κ1) is 16.3. The van der Waals surface area contributed by atoms with Crippen molar-refractivity contribution in [3.05, 3.63) is 29.8 Å². The second kappa shape index (κ2) is 5.59. The van der Waals surface area contributed by atoms with Crippen molar-refractivity contribution in [2.24, 2.45) is 11.8 Å². The predicted octanol–water partition coefficient (Wildman–Crippen LogP) is -1.54. The highest BCUT2D eigenvalue weighted by Gasteiger charge is 2.44. The first-order valence-electron chi connectivity index (χ1n) is 5.90. The van der Waals surface area contributed by atoms with Crippen LogP contribution < -0.4 is 10.6 Å². The molecule has 11 heteroatoms. The number of hydrogen-bond acceptors (Lipinski definition) is 6. The molecule has 1 saturated heterocycles. The summed E-state index contributed by atoms with van der Waals surface area (Å²) in [5.41, 5.74) is 0. The van der Waals surface area contributed by atoms with E-state index in [1.165, 1.54) is 4.72 Å². The summed E-state index contributed by atoms with van der Waals surface area (Å²) in [6, 6.07) is 2.33. The van der Waals surface area contributed by atoms with Crippen LogP contribution in [0.5, 0.6) is 0 Å². The Morgan fingerprint density at radius 3 is 2.36 bits per heavy atom. The maximum Gasteiger partial charge on any atom is 0.269 e. The van der Waals surface area contributed by atoms with Gasteiger partial charge in [-0.1, -0.05) is 6.07 Å². The van der Waals surface area contributed by atoms with E-state index in [1.54, 1.807) is 0 Å². The van der Waals surface area contributed by atoms with Gasteiger partial charge in [0.1, 0.15) is 17.6 Å². The van der Waals surface area contributed by atoms with Crippen molar-refractivity contribution in [3.63, 3.8) is 0 Å². The number of nitrogens with two attached hydrogens (primary N) is 1. The van der Waals surface area contributed by atoms with Crippen LogP contribution in [0.1, 0.15) is 0 Å². The van der Waals surface area contributed by atoms with Crippen molar-refractivity contribution in [2.75, 3.05) is 6.54 Å². The van der Waals surface area contributed by atoms with Gasteiger partial charge >= 0.3 is 0 Å². The second-order valence-corrected chi connectivity index (χ2v) is 6.18. The van der Waals surface area contributed by atoms with Crippen molar-refractivity contribution < 1.29 is 31.9 Å². The third-order valence-electron chi connectivity index (χ3n) is 3.02. The zero-order chi connectivity index (χ0) is 16.7. The predicted molar refractivity (Wildman–Crippen MR) is 67.1 cm³/mol. The van der Waals surface area contributed by atoms with E-state index in [0.717, 1.165) is 6.07 Å². The third kappa shape index (κ3) is 2.77. The van der Waals surface area contributed by atoms with Gasteiger partial charge in [0.05, 0.1) is 12.6 Å². The van der Waals surface area contributed by atoms with E-state index in [-0.39, 0.29) is 6.54 Å². The fraction of sp³-hybridized carbons (Fsp3) is 0.273. The summed E-state index contributed by atoms with van der Waals surface area (Å²) in [6.07, 6.45) is -1.53. The van der Waals surface area contributed by atoms with Crippen LogP contribution in [0.25, 0.3) is 0 Å². The van der Waals surface area contributed by atoms with Crippen molar-refractivity contribution >= 4 is 21.8 Å². The van der Waals surface area contributed by atoms with Gasteiger partial charge in [0.25, 0.3) is 15.9 Å². The van der Waals surface area contributed by atoms with Crippen LogP contribution in [-0.4, -0.2) is 43.0 Å². The Bertz CT molecular complexity index is 719. The molecule has 22 heavy (non-hydrogen) atoms. The number of nitrogens with zero attached hydrogens (tertiary/aromatic N) is 1. The van der Waals surface area contributed by atoms with E-state index in [1.807, 2.05) is 0 Å². The lowest BCUT2D eigenvalue weighted by atomic mass is 10.1. The van der Waals surface area contributed by atoms with Crippen LogP contribution in [0.3, 0.4) is 0 Å². The van der Waals surface area contributed by atoms with E-state index < -0.39 is 50.4 Å². The lowest BCUT2D eigenvalue weighted by Gasteiger charge is -2.13. The summed E-state index contributed by atoms with van der Waals surface area (Å²) in [6.45, 7) is -0.370. The topological polar surface area (TPSA) is 130 Å². The highest BCUT2D eigenvalue weighted by Crippen LogP contribution is 2.20. The molecule has 4 N–H and O–H groups in total. The lowest BCUT2D eigenvalue weighted by molar-refractivity contribution is -0.138. The maximum absolute atomic E-state index is 13.5. The molecule has 2 atom stereocenters. The van der Waals surface area contributed by atoms with E-state index in [4.69, 9.17) is 5.84 Å². The highest BCUT2D eigenvalue weighted by molar-refractivity contribution is 7.90. The summed E-state index contributed by atoms with van der Waals surface area (Å²) in [7, 11) is -4.89. The minimum atomic E-state index is -4.89. The quantitative estimate of drug-likeness (QED) is 0.349. The number of carbonyl (C=O) groups is 2. The molecule has 1 aliphatic rings. The lowest BCUT2D eigenvalue weighted by Crippen LogP contribution is -2.43. The molecular weight excluding hydrogens is 324 g/mol. The summed E-state index contributed by atoms with van der Waals surface area (Å²) >= 11 is 0. The van der Waals surface area contributed by atoms with Crippen LogP contribution in [0.15, 0.2) is 23.1 Å². The smallest absolute Gasteiger partial charge is 0.269 e. The van der Waals surface area contributed by atoms with E-state index in [9.17, 15) is 31.9 Å². The number of aliphatic hydroxyl groups is 1. The fourth-order valence-corrected chi connectivity index (χ4v) is 3.16. The molecule has 0 aromatic heterocycles. The Balaban J connectivity index is 2.30. The maximum atomic E-state index is 13.5. The minimum absolute atomic E-state index is 0.370. The van der Waals surface area contributed by atoms with Gasteiger partial charge in [-0.05, 0) is 12.1 Å². The minimum Gasteiger partial charge on any atom is -0.390 e.